The van der Waals surface area contributed by atoms with Gasteiger partial charge in [0.05, 0.1) is 0 Å². The normalized spacial score (nSPS) is 10.7. The molecule has 3 aromatic rings. The van der Waals surface area contributed by atoms with Crippen LogP contribution in [0.15, 0.2) is 60.8 Å². The number of para-hydroxylation sites is 1. The maximum Gasteiger partial charge on any atom is 0.146 e. The van der Waals surface area contributed by atoms with Gasteiger partial charge in [-0.05, 0) is 36.2 Å². The first-order chi connectivity index (χ1) is 10.4. The monoisotopic (exact) mass is 278 g/mol. The largest absolute Gasteiger partial charge is 0.487 e. The zero-order chi connectivity index (χ0) is 14.5. The van der Waals surface area contributed by atoms with Crippen LogP contribution < -0.4 is 10.5 Å². The van der Waals surface area contributed by atoms with Crippen LogP contribution in [0.25, 0.3) is 10.9 Å². The van der Waals surface area contributed by atoms with Crippen LogP contribution in [-0.4, -0.2) is 11.5 Å². The summed E-state index contributed by atoms with van der Waals surface area (Å²) in [5.41, 5.74) is 8.86. The van der Waals surface area contributed by atoms with Crippen LogP contribution in [-0.2, 0) is 13.0 Å². The summed E-state index contributed by atoms with van der Waals surface area (Å²) in [6.07, 6.45) is 2.70. The average Bonchev–Trinajstić information content (AvgIpc) is 2.54. The molecule has 0 bridgehead atoms. The predicted molar refractivity (Wildman–Crippen MR) is 85.3 cm³/mol. The lowest BCUT2D eigenvalue weighted by atomic mass is 10.1. The molecule has 0 unspecified atom stereocenters. The molecule has 3 heteroatoms. The Hall–Kier alpha value is -2.39. The van der Waals surface area contributed by atoms with E-state index >= 15 is 0 Å². The van der Waals surface area contributed by atoms with Crippen LogP contribution in [0.4, 0.5) is 0 Å². The molecular weight excluding hydrogens is 260 g/mol. The van der Waals surface area contributed by atoms with E-state index in [1.54, 1.807) is 6.20 Å². The van der Waals surface area contributed by atoms with E-state index in [-0.39, 0.29) is 0 Å². The van der Waals surface area contributed by atoms with Gasteiger partial charge in [-0.2, -0.15) is 0 Å². The van der Waals surface area contributed by atoms with Gasteiger partial charge < -0.3 is 10.5 Å². The summed E-state index contributed by atoms with van der Waals surface area (Å²) in [5.74, 6) is 0.819. The third-order valence-corrected chi connectivity index (χ3v) is 3.45. The molecule has 106 valence electrons. The Bertz CT molecular complexity index is 717. The molecular formula is C18H18N2O. The van der Waals surface area contributed by atoms with Crippen molar-refractivity contribution in [3.63, 3.8) is 0 Å². The first-order valence-corrected chi connectivity index (χ1v) is 7.11. The van der Waals surface area contributed by atoms with Gasteiger partial charge in [0.2, 0.25) is 0 Å². The molecule has 2 N–H and O–H groups in total. The van der Waals surface area contributed by atoms with Gasteiger partial charge in [0.25, 0.3) is 0 Å². The number of pyridine rings is 1. The third-order valence-electron chi connectivity index (χ3n) is 3.45. The molecule has 3 rings (SSSR count). The molecule has 0 atom stereocenters. The molecule has 1 heterocycles. The number of rotatable bonds is 5. The number of nitrogens with zero attached hydrogens (tertiary/aromatic N) is 1. The smallest absolute Gasteiger partial charge is 0.146 e. The number of fused-ring (bicyclic) bond motifs is 1. The lowest BCUT2D eigenvalue weighted by molar-refractivity contribution is 0.309. The van der Waals surface area contributed by atoms with E-state index in [1.165, 1.54) is 5.56 Å². The minimum Gasteiger partial charge on any atom is -0.487 e. The fourth-order valence-corrected chi connectivity index (χ4v) is 2.32. The highest BCUT2D eigenvalue weighted by atomic mass is 16.5. The quantitative estimate of drug-likeness (QED) is 0.779. The fourth-order valence-electron chi connectivity index (χ4n) is 2.32. The molecule has 1 aromatic heterocycles. The van der Waals surface area contributed by atoms with Crippen LogP contribution in [0.2, 0.25) is 0 Å². The standard InChI is InChI=1S/C18H18N2O/c19-11-10-14-6-8-15(9-7-14)13-21-17-5-1-3-16-4-2-12-20-18(16)17/h1-9,12H,10-11,13,19H2. The number of hydrogen-bond donors (Lipinski definition) is 1. The first kappa shape index (κ1) is 13.6. The van der Waals surface area contributed by atoms with Gasteiger partial charge in [0.15, 0.2) is 0 Å². The number of hydrogen-bond acceptors (Lipinski definition) is 3. The van der Waals surface area contributed by atoms with Gasteiger partial charge in [-0.3, -0.25) is 4.98 Å². The fraction of sp³-hybridized carbons (Fsp3) is 0.167. The van der Waals surface area contributed by atoms with Gasteiger partial charge in [-0.1, -0.05) is 42.5 Å². The van der Waals surface area contributed by atoms with Crippen LogP contribution in [0.3, 0.4) is 0 Å². The minimum absolute atomic E-state index is 0.540. The van der Waals surface area contributed by atoms with E-state index in [9.17, 15) is 0 Å². The minimum atomic E-state index is 0.540. The summed E-state index contributed by atoms with van der Waals surface area (Å²) in [6.45, 7) is 1.22. The van der Waals surface area contributed by atoms with Crippen molar-refractivity contribution in [1.82, 2.24) is 4.98 Å². The molecule has 0 amide bonds. The van der Waals surface area contributed by atoms with Crippen LogP contribution in [0.1, 0.15) is 11.1 Å². The number of benzene rings is 2. The van der Waals surface area contributed by atoms with Gasteiger partial charge in [-0.25, -0.2) is 0 Å². The predicted octanol–water partition coefficient (Wildman–Crippen LogP) is 3.32. The lowest BCUT2D eigenvalue weighted by Gasteiger charge is -2.09. The maximum absolute atomic E-state index is 5.92. The Morgan fingerprint density at radius 2 is 1.67 bits per heavy atom. The molecule has 0 saturated carbocycles. The van der Waals surface area contributed by atoms with Gasteiger partial charge >= 0.3 is 0 Å². The first-order valence-electron chi connectivity index (χ1n) is 7.11. The number of aromatic nitrogens is 1. The highest BCUT2D eigenvalue weighted by Gasteiger charge is 2.03. The third kappa shape index (κ3) is 3.20. The van der Waals surface area contributed by atoms with Crippen molar-refractivity contribution in [1.29, 1.82) is 0 Å². The Morgan fingerprint density at radius 3 is 2.48 bits per heavy atom. The van der Waals surface area contributed by atoms with E-state index < -0.39 is 0 Å². The SMILES string of the molecule is NCCc1ccc(COc2cccc3cccnc23)cc1. The molecule has 2 aromatic carbocycles. The Kier molecular flexibility index (Phi) is 4.12. The van der Waals surface area contributed by atoms with Crippen LogP contribution in [0, 0.1) is 0 Å². The summed E-state index contributed by atoms with van der Waals surface area (Å²) in [6, 6.07) is 18.3. The van der Waals surface area contributed by atoms with Crippen molar-refractivity contribution < 1.29 is 4.74 Å². The van der Waals surface area contributed by atoms with E-state index in [4.69, 9.17) is 10.5 Å². The summed E-state index contributed by atoms with van der Waals surface area (Å²) in [4.78, 5) is 4.39. The Labute approximate surface area is 124 Å². The molecule has 0 saturated heterocycles. The molecule has 0 aliphatic carbocycles. The maximum atomic E-state index is 5.92. The van der Waals surface area contributed by atoms with Crippen molar-refractivity contribution in [3.05, 3.63) is 71.9 Å². The van der Waals surface area contributed by atoms with Crippen LogP contribution in [0.5, 0.6) is 5.75 Å². The van der Waals surface area contributed by atoms with E-state index in [2.05, 4.69) is 29.2 Å². The van der Waals surface area contributed by atoms with E-state index in [0.29, 0.717) is 13.2 Å². The molecule has 0 spiro atoms. The zero-order valence-electron chi connectivity index (χ0n) is 11.8. The zero-order valence-corrected chi connectivity index (χ0v) is 11.8. The Morgan fingerprint density at radius 1 is 0.905 bits per heavy atom. The van der Waals surface area contributed by atoms with Gasteiger partial charge in [-0.15, -0.1) is 0 Å². The summed E-state index contributed by atoms with van der Waals surface area (Å²) >= 11 is 0. The molecule has 0 aliphatic heterocycles. The van der Waals surface area contributed by atoms with Gasteiger partial charge in [0, 0.05) is 11.6 Å². The van der Waals surface area contributed by atoms with E-state index in [1.807, 2.05) is 30.3 Å². The van der Waals surface area contributed by atoms with Crippen LogP contribution >= 0.6 is 0 Å². The number of ether oxygens (including phenoxy) is 1. The second-order valence-corrected chi connectivity index (χ2v) is 4.98. The summed E-state index contributed by atoms with van der Waals surface area (Å²) in [5, 5.41) is 1.09. The summed E-state index contributed by atoms with van der Waals surface area (Å²) < 4.78 is 5.92. The molecule has 0 fully saturated rings. The van der Waals surface area contributed by atoms with E-state index in [0.717, 1.165) is 28.6 Å². The molecule has 21 heavy (non-hydrogen) atoms. The van der Waals surface area contributed by atoms with Crippen molar-refractivity contribution >= 4 is 10.9 Å². The second-order valence-electron chi connectivity index (χ2n) is 4.98. The number of nitrogens with two attached hydrogens (primary N) is 1. The average molecular weight is 278 g/mol. The van der Waals surface area contributed by atoms with Crippen molar-refractivity contribution in [2.45, 2.75) is 13.0 Å². The van der Waals surface area contributed by atoms with Crippen molar-refractivity contribution in [2.75, 3.05) is 6.54 Å². The molecule has 0 aliphatic rings. The highest BCUT2D eigenvalue weighted by Crippen LogP contribution is 2.23. The second kappa shape index (κ2) is 6.37. The molecule has 0 radical (unpaired) electrons. The van der Waals surface area contributed by atoms with Crippen molar-refractivity contribution in [3.8, 4) is 5.75 Å². The van der Waals surface area contributed by atoms with Crippen molar-refractivity contribution in [2.24, 2.45) is 5.73 Å². The lowest BCUT2D eigenvalue weighted by Crippen LogP contribution is -2.03. The summed E-state index contributed by atoms with van der Waals surface area (Å²) in [7, 11) is 0. The molecule has 3 nitrogen and oxygen atoms in total. The topological polar surface area (TPSA) is 48.1 Å². The highest BCUT2D eigenvalue weighted by molar-refractivity contribution is 5.84. The Balaban J connectivity index is 1.74. The van der Waals surface area contributed by atoms with Gasteiger partial charge in [0.1, 0.15) is 17.9 Å².